The molecule has 0 aliphatic rings. The van der Waals surface area contributed by atoms with Crippen molar-refractivity contribution in [1.82, 2.24) is 0 Å². The highest BCUT2D eigenvalue weighted by Gasteiger charge is 2.04. The lowest BCUT2D eigenvalue weighted by Crippen LogP contribution is -1.97. The van der Waals surface area contributed by atoms with Crippen LogP contribution < -0.4 is 0 Å². The molecule has 2 aromatic carbocycles. The first-order valence-electron chi connectivity index (χ1n) is 9.00. The van der Waals surface area contributed by atoms with Crippen molar-refractivity contribution in [2.45, 2.75) is 58.5 Å². The fraction of sp³-hybridized carbons (Fsp3) is 0.409. The molecule has 1 atom stereocenters. The van der Waals surface area contributed by atoms with Crippen molar-refractivity contribution in [3.05, 3.63) is 71.8 Å². The van der Waals surface area contributed by atoms with E-state index in [4.69, 9.17) is 0 Å². The summed E-state index contributed by atoms with van der Waals surface area (Å²) < 4.78 is 0. The predicted molar refractivity (Wildman–Crippen MR) is 101 cm³/mol. The van der Waals surface area contributed by atoms with Crippen LogP contribution in [0.2, 0.25) is 0 Å². The number of carbonyl (C=O) groups excluding carboxylic acids is 1. The standard InChI is InChI=1S/C11H16O.C11H14O/c2*1-2-3-9-11(12)10-7-5-4-6-8-10/h4-8,11-12H,2-3,9H2,1H3;4-8H,2-3,9H2,1H3. The van der Waals surface area contributed by atoms with Gasteiger partial charge in [0.2, 0.25) is 0 Å². The van der Waals surface area contributed by atoms with Crippen molar-refractivity contribution in [1.29, 1.82) is 0 Å². The zero-order valence-electron chi connectivity index (χ0n) is 14.9. The van der Waals surface area contributed by atoms with Crippen molar-refractivity contribution < 1.29 is 9.90 Å². The van der Waals surface area contributed by atoms with Crippen LogP contribution in [0.15, 0.2) is 60.7 Å². The third kappa shape index (κ3) is 8.07. The van der Waals surface area contributed by atoms with Crippen molar-refractivity contribution >= 4 is 5.78 Å². The number of rotatable bonds is 8. The number of benzene rings is 2. The molecule has 0 aliphatic heterocycles. The van der Waals surface area contributed by atoms with E-state index in [2.05, 4.69) is 13.8 Å². The number of unbranched alkanes of at least 4 members (excludes halogenated alkanes) is 2. The maximum atomic E-state index is 11.4. The van der Waals surface area contributed by atoms with Crippen LogP contribution in [0.3, 0.4) is 0 Å². The van der Waals surface area contributed by atoms with Crippen molar-refractivity contribution in [2.75, 3.05) is 0 Å². The smallest absolute Gasteiger partial charge is 0.162 e. The lowest BCUT2D eigenvalue weighted by molar-refractivity contribution is 0.0979. The van der Waals surface area contributed by atoms with Gasteiger partial charge < -0.3 is 5.11 Å². The van der Waals surface area contributed by atoms with Gasteiger partial charge in [0.1, 0.15) is 0 Å². The monoisotopic (exact) mass is 326 g/mol. The molecule has 130 valence electrons. The Morgan fingerprint density at radius 1 is 0.875 bits per heavy atom. The maximum Gasteiger partial charge on any atom is 0.162 e. The summed E-state index contributed by atoms with van der Waals surface area (Å²) in [6.07, 6.45) is 5.60. The lowest BCUT2D eigenvalue weighted by atomic mass is 10.0. The molecule has 2 heteroatoms. The summed E-state index contributed by atoms with van der Waals surface area (Å²) in [5.41, 5.74) is 1.87. The maximum absolute atomic E-state index is 11.4. The van der Waals surface area contributed by atoms with Crippen LogP contribution in [0, 0.1) is 0 Å². The van der Waals surface area contributed by atoms with Crippen LogP contribution in [-0.4, -0.2) is 10.9 Å². The topological polar surface area (TPSA) is 37.3 Å². The van der Waals surface area contributed by atoms with Crippen LogP contribution in [-0.2, 0) is 0 Å². The fourth-order valence-electron chi connectivity index (χ4n) is 2.35. The van der Waals surface area contributed by atoms with E-state index in [0.29, 0.717) is 6.42 Å². The van der Waals surface area contributed by atoms with E-state index in [1.807, 2.05) is 60.7 Å². The molecular weight excluding hydrogens is 296 g/mol. The molecule has 0 spiro atoms. The first kappa shape index (κ1) is 20.1. The van der Waals surface area contributed by atoms with Gasteiger partial charge in [-0.05, 0) is 18.4 Å². The van der Waals surface area contributed by atoms with E-state index >= 15 is 0 Å². The zero-order valence-corrected chi connectivity index (χ0v) is 14.9. The van der Waals surface area contributed by atoms with Gasteiger partial charge >= 0.3 is 0 Å². The van der Waals surface area contributed by atoms with Gasteiger partial charge in [0.25, 0.3) is 0 Å². The van der Waals surface area contributed by atoms with Crippen molar-refractivity contribution in [3.8, 4) is 0 Å². The quantitative estimate of drug-likeness (QED) is 0.607. The number of aliphatic hydroxyl groups is 1. The normalized spacial score (nSPS) is 11.3. The summed E-state index contributed by atoms with van der Waals surface area (Å²) in [4.78, 5) is 11.4. The molecular formula is C22H30O2. The third-order valence-electron chi connectivity index (χ3n) is 3.87. The van der Waals surface area contributed by atoms with Crippen LogP contribution in [0.4, 0.5) is 0 Å². The summed E-state index contributed by atoms with van der Waals surface area (Å²) >= 11 is 0. The molecule has 2 rings (SSSR count). The molecule has 0 aliphatic carbocycles. The minimum atomic E-state index is -0.272. The Balaban J connectivity index is 0.000000240. The van der Waals surface area contributed by atoms with Gasteiger partial charge in [0.05, 0.1) is 6.10 Å². The second-order valence-electron chi connectivity index (χ2n) is 5.96. The van der Waals surface area contributed by atoms with E-state index < -0.39 is 0 Å². The Labute approximate surface area is 146 Å². The first-order chi connectivity index (χ1) is 11.7. The summed E-state index contributed by atoms with van der Waals surface area (Å²) in [7, 11) is 0. The van der Waals surface area contributed by atoms with E-state index in [1.165, 1.54) is 0 Å². The van der Waals surface area contributed by atoms with Gasteiger partial charge in [-0.3, -0.25) is 4.79 Å². The highest BCUT2D eigenvalue weighted by Crippen LogP contribution is 2.17. The predicted octanol–water partition coefficient (Wildman–Crippen LogP) is 5.97. The summed E-state index contributed by atoms with van der Waals surface area (Å²) in [6, 6.07) is 19.3. The van der Waals surface area contributed by atoms with Crippen LogP contribution in [0.25, 0.3) is 0 Å². The highest BCUT2D eigenvalue weighted by atomic mass is 16.3. The second kappa shape index (κ2) is 12.5. The number of aliphatic hydroxyl groups excluding tert-OH is 1. The molecule has 0 radical (unpaired) electrons. The van der Waals surface area contributed by atoms with E-state index in [0.717, 1.165) is 43.2 Å². The Bertz CT molecular complexity index is 549. The molecule has 0 aromatic heterocycles. The van der Waals surface area contributed by atoms with Crippen LogP contribution in [0.1, 0.15) is 74.4 Å². The molecule has 0 saturated carbocycles. The Morgan fingerprint density at radius 3 is 1.96 bits per heavy atom. The van der Waals surface area contributed by atoms with Crippen LogP contribution in [0.5, 0.6) is 0 Å². The van der Waals surface area contributed by atoms with E-state index in [9.17, 15) is 9.90 Å². The fourth-order valence-corrected chi connectivity index (χ4v) is 2.35. The molecule has 2 nitrogen and oxygen atoms in total. The first-order valence-corrected chi connectivity index (χ1v) is 9.00. The van der Waals surface area contributed by atoms with Gasteiger partial charge in [-0.1, -0.05) is 93.8 Å². The summed E-state index contributed by atoms with van der Waals surface area (Å²) in [5.74, 6) is 0.262. The van der Waals surface area contributed by atoms with Crippen LogP contribution >= 0.6 is 0 Å². The lowest BCUT2D eigenvalue weighted by Gasteiger charge is -2.09. The Hall–Kier alpha value is -1.93. The summed E-state index contributed by atoms with van der Waals surface area (Å²) in [5, 5.41) is 9.65. The molecule has 0 bridgehead atoms. The number of hydrogen-bond donors (Lipinski definition) is 1. The molecule has 0 heterocycles. The number of carbonyl (C=O) groups is 1. The van der Waals surface area contributed by atoms with Crippen molar-refractivity contribution in [3.63, 3.8) is 0 Å². The van der Waals surface area contributed by atoms with Gasteiger partial charge in [-0.2, -0.15) is 0 Å². The molecule has 24 heavy (non-hydrogen) atoms. The second-order valence-corrected chi connectivity index (χ2v) is 5.96. The molecule has 2 aromatic rings. The van der Waals surface area contributed by atoms with E-state index in [-0.39, 0.29) is 11.9 Å². The summed E-state index contributed by atoms with van der Waals surface area (Å²) in [6.45, 7) is 4.23. The Morgan fingerprint density at radius 2 is 1.42 bits per heavy atom. The minimum Gasteiger partial charge on any atom is -0.388 e. The van der Waals surface area contributed by atoms with Gasteiger partial charge in [0.15, 0.2) is 5.78 Å². The molecule has 0 saturated heterocycles. The average Bonchev–Trinajstić information content (AvgIpc) is 2.66. The van der Waals surface area contributed by atoms with Gasteiger partial charge in [0, 0.05) is 12.0 Å². The molecule has 1 unspecified atom stereocenters. The Kier molecular flexibility index (Phi) is 10.5. The average molecular weight is 326 g/mol. The molecule has 1 N–H and O–H groups in total. The van der Waals surface area contributed by atoms with Gasteiger partial charge in [-0.25, -0.2) is 0 Å². The SMILES string of the molecule is CCCCC(=O)c1ccccc1.CCCCC(O)c1ccccc1. The zero-order chi connectivity index (χ0) is 17.6. The number of Topliss-reactive ketones (excluding diaryl/α,β-unsaturated/α-hetero) is 1. The number of ketones is 1. The van der Waals surface area contributed by atoms with Gasteiger partial charge in [-0.15, -0.1) is 0 Å². The number of hydrogen-bond acceptors (Lipinski definition) is 2. The minimum absolute atomic E-state index is 0.262. The third-order valence-corrected chi connectivity index (χ3v) is 3.87. The van der Waals surface area contributed by atoms with E-state index in [1.54, 1.807) is 0 Å². The highest BCUT2D eigenvalue weighted by molar-refractivity contribution is 5.95. The largest absolute Gasteiger partial charge is 0.388 e. The molecule has 0 fully saturated rings. The molecule has 0 amide bonds. The van der Waals surface area contributed by atoms with Crippen molar-refractivity contribution in [2.24, 2.45) is 0 Å².